The topological polar surface area (TPSA) is 33.2 Å². The molecule has 0 saturated carbocycles. The Morgan fingerprint density at radius 1 is 1.39 bits per heavy atom. The summed E-state index contributed by atoms with van der Waals surface area (Å²) in [5.74, 6) is 0.596. The predicted octanol–water partition coefficient (Wildman–Crippen LogP) is 2.73. The van der Waals surface area contributed by atoms with Crippen molar-refractivity contribution >= 4 is 5.91 Å². The molecule has 1 saturated heterocycles. The van der Waals surface area contributed by atoms with E-state index in [0.717, 1.165) is 25.9 Å². The molecule has 1 amide bonds. The number of amides is 1. The van der Waals surface area contributed by atoms with Gasteiger partial charge < -0.3 is 4.90 Å². The van der Waals surface area contributed by atoms with Gasteiger partial charge in [-0.25, -0.2) is 4.98 Å². The Morgan fingerprint density at radius 2 is 2.06 bits per heavy atom. The molecule has 18 heavy (non-hydrogen) atoms. The highest BCUT2D eigenvalue weighted by atomic mass is 19.1. The number of carbonyl (C=O) groups is 1. The van der Waals surface area contributed by atoms with Crippen LogP contribution in [0.1, 0.15) is 37.2 Å². The summed E-state index contributed by atoms with van der Waals surface area (Å²) in [6.07, 6.45) is 2.05. The number of aromatic nitrogens is 1. The molecule has 0 N–H and O–H groups in total. The molecule has 4 heteroatoms. The molecule has 1 aromatic heterocycles. The van der Waals surface area contributed by atoms with Crippen molar-refractivity contribution in [2.75, 3.05) is 13.1 Å². The minimum atomic E-state index is -0.599. The number of hydrogen-bond acceptors (Lipinski definition) is 2. The lowest BCUT2D eigenvalue weighted by Crippen LogP contribution is -2.39. The molecule has 3 nitrogen and oxygen atoms in total. The van der Waals surface area contributed by atoms with Gasteiger partial charge >= 0.3 is 0 Å². The van der Waals surface area contributed by atoms with Crippen LogP contribution in [0.25, 0.3) is 0 Å². The van der Waals surface area contributed by atoms with Crippen molar-refractivity contribution in [1.82, 2.24) is 9.88 Å². The third-order valence-corrected chi connectivity index (χ3v) is 3.70. The van der Waals surface area contributed by atoms with E-state index in [0.29, 0.717) is 11.8 Å². The van der Waals surface area contributed by atoms with E-state index < -0.39 is 5.95 Å². The van der Waals surface area contributed by atoms with Gasteiger partial charge in [-0.1, -0.05) is 19.9 Å². The number of halogens is 1. The van der Waals surface area contributed by atoms with Gasteiger partial charge in [0.25, 0.3) is 5.91 Å². The van der Waals surface area contributed by atoms with Crippen LogP contribution < -0.4 is 0 Å². The van der Waals surface area contributed by atoms with Crippen molar-refractivity contribution in [1.29, 1.82) is 0 Å². The summed E-state index contributed by atoms with van der Waals surface area (Å²) >= 11 is 0. The highest BCUT2D eigenvalue weighted by Crippen LogP contribution is 2.25. The first-order valence-corrected chi connectivity index (χ1v) is 6.49. The maximum atomic E-state index is 13.0. The summed E-state index contributed by atoms with van der Waals surface area (Å²) in [5.41, 5.74) is 0.206. The van der Waals surface area contributed by atoms with Gasteiger partial charge in [-0.3, -0.25) is 4.79 Å². The molecule has 0 unspecified atom stereocenters. The van der Waals surface area contributed by atoms with Crippen molar-refractivity contribution in [2.24, 2.45) is 11.8 Å². The van der Waals surface area contributed by atoms with Crippen LogP contribution in [0.4, 0.5) is 4.39 Å². The van der Waals surface area contributed by atoms with E-state index in [-0.39, 0.29) is 11.6 Å². The van der Waals surface area contributed by atoms with Gasteiger partial charge in [-0.2, -0.15) is 4.39 Å². The summed E-state index contributed by atoms with van der Waals surface area (Å²) in [7, 11) is 0. The molecule has 0 spiro atoms. The van der Waals surface area contributed by atoms with Gasteiger partial charge in [0.15, 0.2) is 0 Å². The lowest BCUT2D eigenvalue weighted by molar-refractivity contribution is 0.0660. The average Bonchev–Trinajstić information content (AvgIpc) is 2.38. The van der Waals surface area contributed by atoms with Crippen molar-refractivity contribution < 1.29 is 9.18 Å². The molecule has 98 valence electrons. The number of nitrogens with zero attached hydrogens (tertiary/aromatic N) is 2. The van der Waals surface area contributed by atoms with Gasteiger partial charge in [-0.05, 0) is 36.8 Å². The highest BCUT2D eigenvalue weighted by molar-refractivity contribution is 5.92. The Labute approximate surface area is 107 Å². The molecule has 2 heterocycles. The first kappa shape index (κ1) is 13.0. The van der Waals surface area contributed by atoms with Crippen molar-refractivity contribution in [3.63, 3.8) is 0 Å². The SMILES string of the molecule is CC(C)C1CCN(C(=O)c2cccc(F)n2)CC1. The summed E-state index contributed by atoms with van der Waals surface area (Å²) in [6.45, 7) is 5.94. The highest BCUT2D eigenvalue weighted by Gasteiger charge is 2.25. The zero-order chi connectivity index (χ0) is 13.1. The molecule has 1 aromatic rings. The largest absolute Gasteiger partial charge is 0.337 e. The molecule has 0 atom stereocenters. The molecule has 2 rings (SSSR count). The Bertz CT molecular complexity index is 426. The van der Waals surface area contributed by atoms with Gasteiger partial charge in [0.1, 0.15) is 5.69 Å². The van der Waals surface area contributed by atoms with Crippen LogP contribution in [0.5, 0.6) is 0 Å². The van der Waals surface area contributed by atoms with Gasteiger partial charge in [0.05, 0.1) is 0 Å². The number of pyridine rings is 1. The number of likely N-dealkylation sites (tertiary alicyclic amines) is 1. The molecule has 0 aromatic carbocycles. The summed E-state index contributed by atoms with van der Waals surface area (Å²) in [4.78, 5) is 17.5. The van der Waals surface area contributed by atoms with Crippen LogP contribution in [0.3, 0.4) is 0 Å². The lowest BCUT2D eigenvalue weighted by Gasteiger charge is -2.33. The van der Waals surface area contributed by atoms with E-state index in [1.165, 1.54) is 12.1 Å². The number of piperidine rings is 1. The van der Waals surface area contributed by atoms with Gasteiger partial charge in [0.2, 0.25) is 5.95 Å². The summed E-state index contributed by atoms with van der Waals surface area (Å²) in [5, 5.41) is 0. The maximum absolute atomic E-state index is 13.0. The van der Waals surface area contributed by atoms with Crippen LogP contribution in [-0.4, -0.2) is 28.9 Å². The minimum Gasteiger partial charge on any atom is -0.337 e. The normalized spacial score (nSPS) is 17.2. The van der Waals surface area contributed by atoms with Crippen molar-refractivity contribution in [3.8, 4) is 0 Å². The van der Waals surface area contributed by atoms with E-state index in [1.54, 1.807) is 11.0 Å². The van der Waals surface area contributed by atoms with Crippen LogP contribution in [0, 0.1) is 17.8 Å². The minimum absolute atomic E-state index is 0.156. The van der Waals surface area contributed by atoms with Crippen LogP contribution >= 0.6 is 0 Å². The standard InChI is InChI=1S/C14H19FN2O/c1-10(2)11-6-8-17(9-7-11)14(18)12-4-3-5-13(15)16-12/h3-5,10-11H,6-9H2,1-2H3. The van der Waals surface area contributed by atoms with E-state index in [9.17, 15) is 9.18 Å². The Morgan fingerprint density at radius 3 is 2.61 bits per heavy atom. The first-order valence-electron chi connectivity index (χ1n) is 6.49. The summed E-state index contributed by atoms with van der Waals surface area (Å²) < 4.78 is 13.0. The fourth-order valence-corrected chi connectivity index (χ4v) is 2.46. The maximum Gasteiger partial charge on any atom is 0.272 e. The Hall–Kier alpha value is -1.45. The van der Waals surface area contributed by atoms with E-state index in [1.807, 2.05) is 0 Å². The smallest absolute Gasteiger partial charge is 0.272 e. The molecule has 0 aliphatic carbocycles. The van der Waals surface area contributed by atoms with Crippen LogP contribution in [0.2, 0.25) is 0 Å². The first-order chi connectivity index (χ1) is 8.58. The molecule has 1 fully saturated rings. The Kier molecular flexibility index (Phi) is 3.94. The third kappa shape index (κ3) is 2.86. The van der Waals surface area contributed by atoms with Gasteiger partial charge in [-0.15, -0.1) is 0 Å². The van der Waals surface area contributed by atoms with Gasteiger partial charge in [0, 0.05) is 13.1 Å². The second-order valence-corrected chi connectivity index (χ2v) is 5.22. The van der Waals surface area contributed by atoms with Crippen molar-refractivity contribution in [3.05, 3.63) is 29.8 Å². The second kappa shape index (κ2) is 5.46. The molecule has 0 radical (unpaired) electrons. The Balaban J connectivity index is 1.99. The van der Waals surface area contributed by atoms with E-state index in [4.69, 9.17) is 0 Å². The number of carbonyl (C=O) groups excluding carboxylic acids is 1. The average molecular weight is 250 g/mol. The third-order valence-electron chi connectivity index (χ3n) is 3.70. The zero-order valence-corrected chi connectivity index (χ0v) is 10.9. The monoisotopic (exact) mass is 250 g/mol. The number of hydrogen-bond donors (Lipinski definition) is 0. The molecular weight excluding hydrogens is 231 g/mol. The fraction of sp³-hybridized carbons (Fsp3) is 0.571. The molecular formula is C14H19FN2O. The van der Waals surface area contributed by atoms with E-state index in [2.05, 4.69) is 18.8 Å². The van der Waals surface area contributed by atoms with E-state index >= 15 is 0 Å². The zero-order valence-electron chi connectivity index (χ0n) is 10.9. The predicted molar refractivity (Wildman–Crippen MR) is 67.7 cm³/mol. The van der Waals surface area contributed by atoms with Crippen LogP contribution in [-0.2, 0) is 0 Å². The molecule has 0 bridgehead atoms. The fourth-order valence-electron chi connectivity index (χ4n) is 2.46. The molecule has 1 aliphatic heterocycles. The van der Waals surface area contributed by atoms with Crippen LogP contribution in [0.15, 0.2) is 18.2 Å². The second-order valence-electron chi connectivity index (χ2n) is 5.22. The summed E-state index contributed by atoms with van der Waals surface area (Å²) in [6, 6.07) is 4.35. The quantitative estimate of drug-likeness (QED) is 0.756. The molecule has 1 aliphatic rings. The van der Waals surface area contributed by atoms with Crippen molar-refractivity contribution in [2.45, 2.75) is 26.7 Å². The lowest BCUT2D eigenvalue weighted by atomic mass is 9.86. The number of rotatable bonds is 2.